The van der Waals surface area contributed by atoms with E-state index in [1.54, 1.807) is 0 Å². The van der Waals surface area contributed by atoms with E-state index >= 15 is 0 Å². The van der Waals surface area contributed by atoms with Crippen molar-refractivity contribution < 1.29 is 14.7 Å². The van der Waals surface area contributed by atoms with E-state index in [9.17, 15) is 14.7 Å². The molecule has 0 spiro atoms. The molecule has 30 heavy (non-hydrogen) atoms. The number of hydrogen-bond donors (Lipinski definition) is 2. The van der Waals surface area contributed by atoms with Crippen LogP contribution >= 0.6 is 0 Å². The molecule has 3 atom stereocenters. The minimum absolute atomic E-state index is 0.00473. The minimum atomic E-state index is -0.771. The molecule has 3 heterocycles. The summed E-state index contributed by atoms with van der Waals surface area (Å²) in [4.78, 5) is 31.0. The van der Waals surface area contributed by atoms with Gasteiger partial charge in [0.2, 0.25) is 5.91 Å². The van der Waals surface area contributed by atoms with Gasteiger partial charge in [0.25, 0.3) is 0 Å². The van der Waals surface area contributed by atoms with Gasteiger partial charge >= 0.3 is 5.97 Å². The summed E-state index contributed by atoms with van der Waals surface area (Å²) in [6, 6.07) is 12.3. The lowest BCUT2D eigenvalue weighted by atomic mass is 9.87. The number of amides is 1. The first-order valence-electron chi connectivity index (χ1n) is 10.9. The van der Waals surface area contributed by atoms with Gasteiger partial charge in [-0.15, -0.1) is 0 Å². The summed E-state index contributed by atoms with van der Waals surface area (Å²) in [5.41, 5.74) is 4.59. The zero-order valence-electron chi connectivity index (χ0n) is 17.0. The fourth-order valence-electron chi connectivity index (χ4n) is 5.54. The summed E-state index contributed by atoms with van der Waals surface area (Å²) in [5, 5.41) is 12.7. The number of nitrogens with one attached hydrogen (secondary N) is 1. The van der Waals surface area contributed by atoms with Crippen LogP contribution in [0.4, 0.5) is 5.82 Å². The molecule has 2 aromatic rings. The molecule has 1 fully saturated rings. The van der Waals surface area contributed by atoms with Gasteiger partial charge in [-0.2, -0.15) is 0 Å². The number of fused-ring (bicyclic) bond motifs is 4. The van der Waals surface area contributed by atoms with Crippen molar-refractivity contribution in [1.29, 1.82) is 0 Å². The number of anilines is 1. The molecule has 3 aliphatic rings. The summed E-state index contributed by atoms with van der Waals surface area (Å²) in [6.45, 7) is 2.29. The number of aromatic nitrogens is 1. The van der Waals surface area contributed by atoms with Crippen LogP contribution < -0.4 is 5.32 Å². The van der Waals surface area contributed by atoms with Crippen LogP contribution in [0.15, 0.2) is 36.4 Å². The molecule has 2 unspecified atom stereocenters. The Balaban J connectivity index is 1.26. The number of carboxylic acid groups (broad SMARTS) is 1. The molecule has 1 amide bonds. The minimum Gasteiger partial charge on any atom is -0.481 e. The topological polar surface area (TPSA) is 82.5 Å². The highest BCUT2D eigenvalue weighted by atomic mass is 16.4. The maximum absolute atomic E-state index is 12.9. The molecule has 0 saturated carbocycles. The number of aliphatic carboxylic acids is 1. The Labute approximate surface area is 176 Å². The van der Waals surface area contributed by atoms with E-state index in [0.29, 0.717) is 25.9 Å². The van der Waals surface area contributed by atoms with Gasteiger partial charge in [0.15, 0.2) is 0 Å². The van der Waals surface area contributed by atoms with Crippen molar-refractivity contribution in [2.75, 3.05) is 25.0 Å². The van der Waals surface area contributed by atoms with Crippen LogP contribution in [0.2, 0.25) is 0 Å². The molecular weight excluding hydrogens is 378 g/mol. The van der Waals surface area contributed by atoms with Crippen molar-refractivity contribution in [3.05, 3.63) is 58.8 Å². The molecule has 1 saturated heterocycles. The third-order valence-corrected chi connectivity index (χ3v) is 6.97. The number of nitrogens with zero attached hydrogens (tertiary/aromatic N) is 2. The van der Waals surface area contributed by atoms with Crippen molar-refractivity contribution in [2.24, 2.45) is 5.92 Å². The summed E-state index contributed by atoms with van der Waals surface area (Å²) in [5.74, 6) is 0.787. The number of carboxylic acids is 1. The van der Waals surface area contributed by atoms with E-state index in [2.05, 4.69) is 23.5 Å². The Morgan fingerprint density at radius 3 is 2.80 bits per heavy atom. The lowest BCUT2D eigenvalue weighted by molar-refractivity contribution is -0.137. The van der Waals surface area contributed by atoms with Crippen LogP contribution in [0.25, 0.3) is 0 Å². The van der Waals surface area contributed by atoms with Crippen molar-refractivity contribution in [3.63, 3.8) is 0 Å². The molecule has 6 heteroatoms. The normalized spacial score (nSPS) is 24.0. The van der Waals surface area contributed by atoms with E-state index in [0.717, 1.165) is 36.5 Å². The van der Waals surface area contributed by atoms with Crippen LogP contribution in [0.1, 0.15) is 53.5 Å². The Bertz CT molecular complexity index is 989. The molecule has 0 radical (unpaired) electrons. The number of aryl methyl sites for hydroxylation is 2. The largest absolute Gasteiger partial charge is 0.481 e. The van der Waals surface area contributed by atoms with E-state index < -0.39 is 5.97 Å². The average molecular weight is 405 g/mol. The van der Waals surface area contributed by atoms with Gasteiger partial charge < -0.3 is 15.3 Å². The standard InChI is InChI=1S/C24H27N3O3/c28-22(10-9-16-8-7-15-4-3-11-25-24(15)26-16)27-13-20-18-6-2-1-5-17(18)19(12-23(29)30)21(20)14-27/h1-2,5-8,19-21H,3-4,9-14H2,(H,25,26)(H,29,30)/t19-,20?,21?/m0/s1. The van der Waals surface area contributed by atoms with Gasteiger partial charge in [-0.3, -0.25) is 9.59 Å². The third-order valence-electron chi connectivity index (χ3n) is 6.97. The first kappa shape index (κ1) is 19.1. The molecule has 156 valence electrons. The molecular formula is C24H27N3O3. The molecule has 0 bridgehead atoms. The maximum atomic E-state index is 12.9. The molecule has 6 nitrogen and oxygen atoms in total. The highest BCUT2D eigenvalue weighted by molar-refractivity contribution is 5.77. The summed E-state index contributed by atoms with van der Waals surface area (Å²) < 4.78 is 0. The van der Waals surface area contributed by atoms with E-state index in [1.807, 2.05) is 23.1 Å². The van der Waals surface area contributed by atoms with E-state index in [4.69, 9.17) is 4.98 Å². The number of pyridine rings is 1. The highest BCUT2D eigenvalue weighted by Gasteiger charge is 2.47. The van der Waals surface area contributed by atoms with Crippen molar-refractivity contribution in [3.8, 4) is 0 Å². The molecule has 1 aromatic heterocycles. The van der Waals surface area contributed by atoms with Crippen LogP contribution in [0, 0.1) is 5.92 Å². The smallest absolute Gasteiger partial charge is 0.303 e. The number of hydrogen-bond acceptors (Lipinski definition) is 4. The Morgan fingerprint density at radius 1 is 1.13 bits per heavy atom. The van der Waals surface area contributed by atoms with Crippen molar-refractivity contribution in [2.45, 2.75) is 43.9 Å². The van der Waals surface area contributed by atoms with Gasteiger partial charge in [0, 0.05) is 37.7 Å². The monoisotopic (exact) mass is 405 g/mol. The van der Waals surface area contributed by atoms with Crippen LogP contribution in [0.5, 0.6) is 0 Å². The second-order valence-electron chi connectivity index (χ2n) is 8.74. The Hall–Kier alpha value is -2.89. The number of rotatable bonds is 5. The number of benzene rings is 1. The lowest BCUT2D eigenvalue weighted by Gasteiger charge is -2.21. The predicted octanol–water partition coefficient (Wildman–Crippen LogP) is 3.19. The fourth-order valence-corrected chi connectivity index (χ4v) is 5.54. The van der Waals surface area contributed by atoms with Crippen molar-refractivity contribution >= 4 is 17.7 Å². The third kappa shape index (κ3) is 3.44. The van der Waals surface area contributed by atoms with E-state index in [1.165, 1.54) is 11.1 Å². The molecule has 2 N–H and O–H groups in total. The zero-order valence-corrected chi connectivity index (χ0v) is 17.0. The number of carbonyl (C=O) groups is 2. The van der Waals surface area contributed by atoms with E-state index in [-0.39, 0.29) is 30.1 Å². The molecule has 1 aromatic carbocycles. The molecule has 2 aliphatic heterocycles. The summed E-state index contributed by atoms with van der Waals surface area (Å²) in [7, 11) is 0. The Morgan fingerprint density at radius 2 is 1.97 bits per heavy atom. The first-order valence-corrected chi connectivity index (χ1v) is 10.9. The summed E-state index contributed by atoms with van der Waals surface area (Å²) in [6.07, 6.45) is 3.40. The summed E-state index contributed by atoms with van der Waals surface area (Å²) >= 11 is 0. The number of carbonyl (C=O) groups excluding carboxylic acids is 1. The zero-order chi connectivity index (χ0) is 20.7. The van der Waals surface area contributed by atoms with Crippen LogP contribution in [-0.2, 0) is 22.4 Å². The van der Waals surface area contributed by atoms with Crippen LogP contribution in [-0.4, -0.2) is 46.5 Å². The van der Waals surface area contributed by atoms with Crippen LogP contribution in [0.3, 0.4) is 0 Å². The first-order chi connectivity index (χ1) is 14.6. The Kier molecular flexibility index (Phi) is 4.93. The fraction of sp³-hybridized carbons (Fsp3) is 0.458. The van der Waals surface area contributed by atoms with Gasteiger partial charge in [0.1, 0.15) is 5.82 Å². The van der Waals surface area contributed by atoms with Gasteiger partial charge in [-0.1, -0.05) is 30.3 Å². The van der Waals surface area contributed by atoms with Gasteiger partial charge in [-0.25, -0.2) is 4.98 Å². The quantitative estimate of drug-likeness (QED) is 0.798. The van der Waals surface area contributed by atoms with Gasteiger partial charge in [-0.05, 0) is 53.9 Å². The average Bonchev–Trinajstić information content (AvgIpc) is 3.31. The number of likely N-dealkylation sites (tertiary alicyclic amines) is 1. The predicted molar refractivity (Wildman–Crippen MR) is 114 cm³/mol. The lowest BCUT2D eigenvalue weighted by Crippen LogP contribution is -2.30. The molecule has 5 rings (SSSR count). The maximum Gasteiger partial charge on any atom is 0.303 e. The molecule has 1 aliphatic carbocycles. The second-order valence-corrected chi connectivity index (χ2v) is 8.74. The second kappa shape index (κ2) is 7.74. The SMILES string of the molecule is O=C(O)C[C@H]1c2ccccc2C2CN(C(=O)CCc3ccc4c(n3)NCCC4)CC21. The van der Waals surface area contributed by atoms with Crippen molar-refractivity contribution in [1.82, 2.24) is 9.88 Å². The van der Waals surface area contributed by atoms with Gasteiger partial charge in [0.05, 0.1) is 6.42 Å². The highest BCUT2D eigenvalue weighted by Crippen LogP contribution is 2.51.